The maximum atomic E-state index is 4.62. The first-order chi connectivity index (χ1) is 12.1. The molecule has 1 aliphatic rings. The van der Waals surface area contributed by atoms with Crippen LogP contribution in [-0.4, -0.2) is 30.6 Å². The molecule has 2 nitrogen and oxygen atoms in total. The second kappa shape index (κ2) is 10.7. The Morgan fingerprint density at radius 1 is 1.16 bits per heavy atom. The molecule has 2 rings (SSSR count). The third-order valence-corrected chi connectivity index (χ3v) is 5.92. The zero-order chi connectivity index (χ0) is 18.1. The first-order valence-corrected chi connectivity index (χ1v) is 10.8. The van der Waals surface area contributed by atoms with Crippen LogP contribution in [0.25, 0.3) is 0 Å². The topological polar surface area (TPSA) is 15.6 Å². The molecule has 1 aromatic rings. The fourth-order valence-corrected chi connectivity index (χ4v) is 4.05. The van der Waals surface area contributed by atoms with E-state index >= 15 is 0 Å². The molecule has 0 radical (unpaired) electrons. The molecule has 1 saturated carbocycles. The standard InChI is InChI=1S/C22H34N2S/c1-5-24(4)17-23-22-16-18(2)21(15-19(22)3)12-14-25-13-11-20-9-7-6-8-10-20/h11,13,15-17,20H,5-10,12,14H2,1-4H3/b13-11+,23-17?. The summed E-state index contributed by atoms with van der Waals surface area (Å²) in [5.74, 6) is 1.99. The lowest BCUT2D eigenvalue weighted by atomic mass is 9.90. The SMILES string of the molecule is CCN(C)C=Nc1cc(C)c(CCS/C=C/C2CCCCC2)cc1C. The molecule has 0 aromatic heterocycles. The van der Waals surface area contributed by atoms with E-state index in [2.05, 4.69) is 61.3 Å². The molecule has 0 amide bonds. The first-order valence-electron chi connectivity index (χ1n) is 9.73. The van der Waals surface area contributed by atoms with E-state index in [-0.39, 0.29) is 0 Å². The third kappa shape index (κ3) is 6.89. The van der Waals surface area contributed by atoms with Gasteiger partial charge >= 0.3 is 0 Å². The van der Waals surface area contributed by atoms with Gasteiger partial charge in [-0.05, 0) is 74.1 Å². The van der Waals surface area contributed by atoms with Gasteiger partial charge in [0, 0.05) is 19.3 Å². The lowest BCUT2D eigenvalue weighted by molar-refractivity contribution is 0.420. The molecular formula is C22H34N2S. The summed E-state index contributed by atoms with van der Waals surface area (Å²) >= 11 is 1.96. The normalized spacial score (nSPS) is 16.2. The monoisotopic (exact) mass is 358 g/mol. The molecule has 0 spiro atoms. The highest BCUT2D eigenvalue weighted by Crippen LogP contribution is 2.26. The second-order valence-corrected chi connectivity index (χ2v) is 8.24. The molecule has 0 N–H and O–H groups in total. The summed E-state index contributed by atoms with van der Waals surface area (Å²) in [6.07, 6.45) is 12.6. The fraction of sp³-hybridized carbons (Fsp3) is 0.591. The number of rotatable bonds is 8. The highest BCUT2D eigenvalue weighted by molar-refractivity contribution is 8.02. The van der Waals surface area contributed by atoms with E-state index in [4.69, 9.17) is 0 Å². The van der Waals surface area contributed by atoms with Crippen molar-refractivity contribution in [2.45, 2.75) is 59.3 Å². The number of aryl methyl sites for hydroxylation is 3. The molecule has 0 heterocycles. The summed E-state index contributed by atoms with van der Waals surface area (Å²) in [7, 11) is 2.05. The van der Waals surface area contributed by atoms with Gasteiger partial charge in [-0.2, -0.15) is 0 Å². The van der Waals surface area contributed by atoms with Gasteiger partial charge in [0.05, 0.1) is 12.0 Å². The van der Waals surface area contributed by atoms with Crippen LogP contribution in [-0.2, 0) is 6.42 Å². The molecular weight excluding hydrogens is 324 g/mol. The van der Waals surface area contributed by atoms with Crippen LogP contribution in [0.2, 0.25) is 0 Å². The highest BCUT2D eigenvalue weighted by Gasteiger charge is 2.09. The van der Waals surface area contributed by atoms with Gasteiger partial charge in [-0.15, -0.1) is 11.8 Å². The lowest BCUT2D eigenvalue weighted by Crippen LogP contribution is -2.14. The molecule has 138 valence electrons. The molecule has 3 heteroatoms. The molecule has 1 fully saturated rings. The Balaban J connectivity index is 1.84. The quantitative estimate of drug-likeness (QED) is 0.308. The second-order valence-electron chi connectivity index (χ2n) is 7.23. The van der Waals surface area contributed by atoms with Gasteiger partial charge in [-0.1, -0.05) is 31.4 Å². The average molecular weight is 359 g/mol. The largest absolute Gasteiger partial charge is 0.366 e. The highest BCUT2D eigenvalue weighted by atomic mass is 32.2. The summed E-state index contributed by atoms with van der Waals surface area (Å²) in [6, 6.07) is 4.55. The van der Waals surface area contributed by atoms with Crippen LogP contribution in [0.1, 0.15) is 55.7 Å². The van der Waals surface area contributed by atoms with Gasteiger partial charge in [0.15, 0.2) is 0 Å². The Labute approximate surface area is 158 Å². The Hall–Kier alpha value is -1.22. The zero-order valence-electron chi connectivity index (χ0n) is 16.4. The van der Waals surface area contributed by atoms with Gasteiger partial charge in [-0.3, -0.25) is 0 Å². The molecule has 0 atom stereocenters. The summed E-state index contributed by atoms with van der Waals surface area (Å²) in [4.78, 5) is 6.72. The van der Waals surface area contributed by atoms with Crippen molar-refractivity contribution in [2.75, 3.05) is 19.3 Å². The van der Waals surface area contributed by atoms with Crippen LogP contribution in [0.5, 0.6) is 0 Å². The van der Waals surface area contributed by atoms with E-state index in [1.165, 1.54) is 48.8 Å². The molecule has 1 aromatic carbocycles. The number of benzene rings is 1. The van der Waals surface area contributed by atoms with Gasteiger partial charge < -0.3 is 4.90 Å². The predicted octanol–water partition coefficient (Wildman–Crippen LogP) is 6.28. The minimum absolute atomic E-state index is 0.837. The van der Waals surface area contributed by atoms with Crippen molar-refractivity contribution in [1.29, 1.82) is 0 Å². The number of allylic oxidation sites excluding steroid dienone is 1. The van der Waals surface area contributed by atoms with E-state index in [1.807, 2.05) is 18.1 Å². The molecule has 0 saturated heterocycles. The van der Waals surface area contributed by atoms with Crippen LogP contribution < -0.4 is 0 Å². The number of hydrogen-bond acceptors (Lipinski definition) is 2. The smallest absolute Gasteiger partial charge is 0.0909 e. The summed E-state index contributed by atoms with van der Waals surface area (Å²) < 4.78 is 0. The minimum atomic E-state index is 0.837. The molecule has 0 bridgehead atoms. The Kier molecular flexibility index (Phi) is 8.60. The summed E-state index contributed by atoms with van der Waals surface area (Å²) in [6.45, 7) is 7.48. The molecule has 0 unspecified atom stereocenters. The van der Waals surface area contributed by atoms with Crippen molar-refractivity contribution in [3.05, 3.63) is 40.3 Å². The first kappa shape index (κ1) is 20.1. The third-order valence-electron chi connectivity index (χ3n) is 5.13. The zero-order valence-corrected chi connectivity index (χ0v) is 17.2. The van der Waals surface area contributed by atoms with Gasteiger partial charge in [0.1, 0.15) is 0 Å². The van der Waals surface area contributed by atoms with Gasteiger partial charge in [0.2, 0.25) is 0 Å². The van der Waals surface area contributed by atoms with Crippen LogP contribution in [0.15, 0.2) is 28.6 Å². The number of nitrogens with zero attached hydrogens (tertiary/aromatic N) is 2. The lowest BCUT2D eigenvalue weighted by Gasteiger charge is -2.17. The van der Waals surface area contributed by atoms with Crippen molar-refractivity contribution in [3.63, 3.8) is 0 Å². The summed E-state index contributed by atoms with van der Waals surface area (Å²) in [5, 5.41) is 2.34. The Bertz CT molecular complexity index is 586. The fourth-order valence-electron chi connectivity index (χ4n) is 3.24. The van der Waals surface area contributed by atoms with E-state index in [1.54, 1.807) is 0 Å². The summed E-state index contributed by atoms with van der Waals surface area (Å²) in [5.41, 5.74) is 5.17. The molecule has 0 aliphatic heterocycles. The van der Waals surface area contributed by atoms with Crippen LogP contribution in [0.4, 0.5) is 5.69 Å². The number of aliphatic imine (C=N–C) groups is 1. The van der Waals surface area contributed by atoms with Crippen LogP contribution in [0, 0.1) is 19.8 Å². The predicted molar refractivity (Wildman–Crippen MR) is 114 cm³/mol. The molecule has 25 heavy (non-hydrogen) atoms. The minimum Gasteiger partial charge on any atom is -0.366 e. The van der Waals surface area contributed by atoms with Gasteiger partial charge in [-0.25, -0.2) is 4.99 Å². The van der Waals surface area contributed by atoms with E-state index in [9.17, 15) is 0 Å². The van der Waals surface area contributed by atoms with Crippen molar-refractivity contribution in [2.24, 2.45) is 10.9 Å². The van der Waals surface area contributed by atoms with Gasteiger partial charge in [0.25, 0.3) is 0 Å². The maximum absolute atomic E-state index is 4.62. The van der Waals surface area contributed by atoms with Crippen molar-refractivity contribution in [3.8, 4) is 0 Å². The van der Waals surface area contributed by atoms with Crippen LogP contribution >= 0.6 is 11.8 Å². The van der Waals surface area contributed by atoms with Crippen LogP contribution in [0.3, 0.4) is 0 Å². The van der Waals surface area contributed by atoms with Crippen molar-refractivity contribution in [1.82, 2.24) is 4.90 Å². The Morgan fingerprint density at radius 2 is 1.92 bits per heavy atom. The molecule has 1 aliphatic carbocycles. The number of hydrogen-bond donors (Lipinski definition) is 0. The number of thioether (sulfide) groups is 1. The van der Waals surface area contributed by atoms with E-state index in [0.717, 1.165) is 30.3 Å². The average Bonchev–Trinajstić information content (AvgIpc) is 2.63. The van der Waals surface area contributed by atoms with E-state index in [0.29, 0.717) is 0 Å². The van der Waals surface area contributed by atoms with Crippen molar-refractivity contribution < 1.29 is 0 Å². The van der Waals surface area contributed by atoms with Crippen molar-refractivity contribution >= 4 is 23.8 Å². The maximum Gasteiger partial charge on any atom is 0.0909 e. The Morgan fingerprint density at radius 3 is 2.64 bits per heavy atom. The van der Waals surface area contributed by atoms with E-state index < -0.39 is 0 Å².